The molecule has 0 spiro atoms. The van der Waals surface area contributed by atoms with Crippen molar-refractivity contribution in [2.75, 3.05) is 19.6 Å². The van der Waals surface area contributed by atoms with E-state index in [9.17, 15) is 14.0 Å². The van der Waals surface area contributed by atoms with Crippen molar-refractivity contribution >= 4 is 11.8 Å². The van der Waals surface area contributed by atoms with Gasteiger partial charge >= 0.3 is 0 Å². The monoisotopic (exact) mass is 344 g/mol. The number of benzene rings is 1. The van der Waals surface area contributed by atoms with Crippen molar-refractivity contribution in [2.45, 2.75) is 19.3 Å². The van der Waals surface area contributed by atoms with E-state index in [4.69, 9.17) is 0 Å². The number of carbonyl (C=O) groups is 2. The average Bonchev–Trinajstić information content (AvgIpc) is 3.02. The van der Waals surface area contributed by atoms with Gasteiger partial charge in [-0.25, -0.2) is 4.39 Å². The number of aryl methyl sites for hydroxylation is 1. The number of halogens is 1. The van der Waals surface area contributed by atoms with Crippen molar-refractivity contribution in [3.63, 3.8) is 0 Å². The number of nitrogens with one attached hydrogen (secondary N) is 1. The fraction of sp³-hybridized carbons (Fsp3) is 0.389. The van der Waals surface area contributed by atoms with Crippen molar-refractivity contribution in [3.8, 4) is 11.3 Å². The summed E-state index contributed by atoms with van der Waals surface area (Å²) >= 11 is 0. The number of rotatable bonds is 4. The maximum atomic E-state index is 13.0. The Morgan fingerprint density at radius 1 is 1.16 bits per heavy atom. The first-order valence-corrected chi connectivity index (χ1v) is 8.40. The lowest BCUT2D eigenvalue weighted by atomic mass is 10.1. The molecular weight excluding hydrogens is 323 g/mol. The summed E-state index contributed by atoms with van der Waals surface area (Å²) in [6.07, 6.45) is 3.18. The Morgan fingerprint density at radius 3 is 2.52 bits per heavy atom. The molecule has 2 aromatic rings. The molecule has 0 atom stereocenters. The van der Waals surface area contributed by atoms with Crippen LogP contribution in [0.3, 0.4) is 0 Å². The predicted octanol–water partition coefficient (Wildman–Crippen LogP) is 1.97. The minimum absolute atomic E-state index is 0.0265. The van der Waals surface area contributed by atoms with Gasteiger partial charge in [0, 0.05) is 20.1 Å². The largest absolute Gasteiger partial charge is 0.342 e. The molecule has 1 aromatic carbocycles. The zero-order valence-electron chi connectivity index (χ0n) is 14.2. The normalized spacial score (nSPS) is 14.4. The van der Waals surface area contributed by atoms with Crippen LogP contribution in [0.25, 0.3) is 11.3 Å². The predicted molar refractivity (Wildman–Crippen MR) is 91.4 cm³/mol. The zero-order chi connectivity index (χ0) is 17.8. The maximum absolute atomic E-state index is 13.0. The lowest BCUT2D eigenvalue weighted by Crippen LogP contribution is -2.42. The van der Waals surface area contributed by atoms with Gasteiger partial charge in [0.15, 0.2) is 5.69 Å². The van der Waals surface area contributed by atoms with Crippen LogP contribution in [0.15, 0.2) is 30.3 Å². The lowest BCUT2D eigenvalue weighted by Gasteiger charge is -2.26. The quantitative estimate of drug-likeness (QED) is 0.922. The van der Waals surface area contributed by atoms with Crippen LogP contribution in [-0.2, 0) is 11.8 Å². The Hall–Kier alpha value is -2.70. The Balaban J connectivity index is 1.63. The summed E-state index contributed by atoms with van der Waals surface area (Å²) in [4.78, 5) is 26.2. The second-order valence-corrected chi connectivity index (χ2v) is 6.17. The molecule has 1 aromatic heterocycles. The number of hydrogen-bond donors (Lipinski definition) is 1. The summed E-state index contributed by atoms with van der Waals surface area (Å²) in [6.45, 7) is 1.49. The first kappa shape index (κ1) is 17.1. The fourth-order valence-electron chi connectivity index (χ4n) is 2.97. The van der Waals surface area contributed by atoms with E-state index in [1.54, 1.807) is 34.8 Å². The van der Waals surface area contributed by atoms with E-state index in [0.717, 1.165) is 37.9 Å². The molecule has 1 N–H and O–H groups in total. The molecule has 6 nitrogen and oxygen atoms in total. The van der Waals surface area contributed by atoms with Crippen LogP contribution in [0.1, 0.15) is 29.8 Å². The third-order valence-electron chi connectivity index (χ3n) is 4.36. The average molecular weight is 344 g/mol. The molecule has 0 unspecified atom stereocenters. The fourth-order valence-corrected chi connectivity index (χ4v) is 2.97. The summed E-state index contributed by atoms with van der Waals surface area (Å²) in [7, 11) is 1.72. The minimum atomic E-state index is -0.394. The number of amides is 2. The van der Waals surface area contributed by atoms with Crippen LogP contribution in [0.5, 0.6) is 0 Å². The zero-order valence-corrected chi connectivity index (χ0v) is 14.2. The molecule has 1 aliphatic heterocycles. The molecule has 132 valence electrons. The highest BCUT2D eigenvalue weighted by molar-refractivity contribution is 5.95. The number of carbonyl (C=O) groups excluding carboxylic acids is 2. The van der Waals surface area contributed by atoms with Gasteiger partial charge in [-0.15, -0.1) is 0 Å². The van der Waals surface area contributed by atoms with E-state index in [0.29, 0.717) is 5.69 Å². The summed E-state index contributed by atoms with van der Waals surface area (Å²) in [5.74, 6) is -0.780. The van der Waals surface area contributed by atoms with Crippen molar-refractivity contribution in [3.05, 3.63) is 41.8 Å². The van der Waals surface area contributed by atoms with E-state index in [1.165, 1.54) is 12.1 Å². The number of nitrogens with zero attached hydrogens (tertiary/aromatic N) is 3. The van der Waals surface area contributed by atoms with Crippen LogP contribution in [0.4, 0.5) is 4.39 Å². The van der Waals surface area contributed by atoms with Crippen LogP contribution >= 0.6 is 0 Å². The van der Waals surface area contributed by atoms with Crippen molar-refractivity contribution in [1.82, 2.24) is 20.0 Å². The van der Waals surface area contributed by atoms with Crippen LogP contribution in [0.2, 0.25) is 0 Å². The molecular formula is C18H21FN4O2. The van der Waals surface area contributed by atoms with Crippen LogP contribution in [0, 0.1) is 5.82 Å². The van der Waals surface area contributed by atoms with E-state index < -0.39 is 5.91 Å². The van der Waals surface area contributed by atoms with E-state index in [1.807, 2.05) is 0 Å². The molecule has 1 fully saturated rings. The van der Waals surface area contributed by atoms with E-state index >= 15 is 0 Å². The highest BCUT2D eigenvalue weighted by Crippen LogP contribution is 2.20. The summed E-state index contributed by atoms with van der Waals surface area (Å²) < 4.78 is 14.6. The molecule has 0 bridgehead atoms. The first-order valence-electron chi connectivity index (χ1n) is 8.40. The molecule has 0 aliphatic carbocycles. The van der Waals surface area contributed by atoms with Crippen LogP contribution < -0.4 is 5.32 Å². The first-order chi connectivity index (χ1) is 12.0. The van der Waals surface area contributed by atoms with Gasteiger partial charge in [0.05, 0.1) is 12.2 Å². The Morgan fingerprint density at radius 2 is 1.84 bits per heavy atom. The van der Waals surface area contributed by atoms with Gasteiger partial charge in [-0.2, -0.15) is 5.10 Å². The van der Waals surface area contributed by atoms with E-state index in [-0.39, 0.29) is 24.0 Å². The van der Waals surface area contributed by atoms with Gasteiger partial charge in [0.2, 0.25) is 5.91 Å². The Labute approximate surface area is 145 Å². The third-order valence-corrected chi connectivity index (χ3v) is 4.36. The molecule has 1 aliphatic rings. The summed E-state index contributed by atoms with van der Waals surface area (Å²) in [5, 5.41) is 6.82. The standard InChI is InChI=1S/C18H21FN4O2/c1-22-16(13-5-7-14(19)8-6-13)11-15(21-22)18(25)20-12-17(24)23-9-3-2-4-10-23/h5-8,11H,2-4,9-10,12H2,1H3,(H,20,25). The van der Waals surface area contributed by atoms with Gasteiger partial charge in [-0.3, -0.25) is 14.3 Å². The molecule has 25 heavy (non-hydrogen) atoms. The molecule has 1 saturated heterocycles. The molecule has 2 heterocycles. The van der Waals surface area contributed by atoms with Gasteiger partial charge in [0.25, 0.3) is 5.91 Å². The Kier molecular flexibility index (Phi) is 5.11. The topological polar surface area (TPSA) is 67.2 Å². The highest BCUT2D eigenvalue weighted by Gasteiger charge is 2.19. The minimum Gasteiger partial charge on any atom is -0.342 e. The van der Waals surface area contributed by atoms with Gasteiger partial charge in [-0.05, 0) is 55.2 Å². The summed E-state index contributed by atoms with van der Waals surface area (Å²) in [5.41, 5.74) is 1.70. The smallest absolute Gasteiger partial charge is 0.272 e. The highest BCUT2D eigenvalue weighted by atomic mass is 19.1. The number of likely N-dealkylation sites (tertiary alicyclic amines) is 1. The SMILES string of the molecule is Cn1nc(C(=O)NCC(=O)N2CCCCC2)cc1-c1ccc(F)cc1. The van der Waals surface area contributed by atoms with E-state index in [2.05, 4.69) is 10.4 Å². The van der Waals surface area contributed by atoms with Crippen molar-refractivity contribution < 1.29 is 14.0 Å². The second kappa shape index (κ2) is 7.46. The second-order valence-electron chi connectivity index (χ2n) is 6.17. The van der Waals surface area contributed by atoms with Gasteiger partial charge in [-0.1, -0.05) is 0 Å². The summed E-state index contributed by atoms with van der Waals surface area (Å²) in [6, 6.07) is 7.62. The van der Waals surface area contributed by atoms with Crippen molar-refractivity contribution in [1.29, 1.82) is 0 Å². The molecule has 3 rings (SSSR count). The van der Waals surface area contributed by atoms with Crippen molar-refractivity contribution in [2.24, 2.45) is 7.05 Å². The lowest BCUT2D eigenvalue weighted by molar-refractivity contribution is -0.130. The van der Waals surface area contributed by atoms with Crippen LogP contribution in [-0.4, -0.2) is 46.1 Å². The number of hydrogen-bond acceptors (Lipinski definition) is 3. The molecule has 0 saturated carbocycles. The Bertz CT molecular complexity index is 764. The molecule has 0 radical (unpaired) electrons. The maximum Gasteiger partial charge on any atom is 0.272 e. The number of aromatic nitrogens is 2. The number of piperidine rings is 1. The molecule has 7 heteroatoms. The van der Waals surface area contributed by atoms with Gasteiger partial charge < -0.3 is 10.2 Å². The third kappa shape index (κ3) is 4.04. The van der Waals surface area contributed by atoms with Gasteiger partial charge in [0.1, 0.15) is 5.82 Å². The molecule has 2 amide bonds.